The first-order valence-electron chi connectivity index (χ1n) is 7.05. The zero-order chi connectivity index (χ0) is 15.5. The molecule has 2 heterocycles. The third kappa shape index (κ3) is 3.31. The summed E-state index contributed by atoms with van der Waals surface area (Å²) in [5, 5.41) is 15.6. The number of aromatic nitrogens is 2. The standard InChI is InChI=1S/C14H16ClN5OS/c1-9-10(15)5-4-6-11(9)16-12(21)17-13-18-19-14(22-13)20-7-2-3-8-20/h4-6H,2-3,7-8H2,1H3,(H2,16,17,18,21). The lowest BCUT2D eigenvalue weighted by Gasteiger charge is -2.11. The molecule has 0 unspecified atom stereocenters. The summed E-state index contributed by atoms with van der Waals surface area (Å²) in [7, 11) is 0. The van der Waals surface area contributed by atoms with E-state index in [1.54, 1.807) is 18.2 Å². The van der Waals surface area contributed by atoms with E-state index in [-0.39, 0.29) is 6.03 Å². The Bertz CT molecular complexity index is 684. The van der Waals surface area contributed by atoms with Crippen molar-refractivity contribution in [2.75, 3.05) is 28.6 Å². The summed E-state index contributed by atoms with van der Waals surface area (Å²) in [6.07, 6.45) is 2.35. The topological polar surface area (TPSA) is 70.1 Å². The predicted molar refractivity (Wildman–Crippen MR) is 90.2 cm³/mol. The minimum Gasteiger partial charge on any atom is -0.347 e. The second-order valence-electron chi connectivity index (χ2n) is 5.08. The van der Waals surface area contributed by atoms with E-state index in [2.05, 4.69) is 25.7 Å². The fourth-order valence-electron chi connectivity index (χ4n) is 2.30. The molecule has 0 radical (unpaired) electrons. The van der Waals surface area contributed by atoms with Crippen LogP contribution in [0.2, 0.25) is 5.02 Å². The maximum Gasteiger partial charge on any atom is 0.325 e. The summed E-state index contributed by atoms with van der Waals surface area (Å²) in [6.45, 7) is 3.86. The molecule has 1 fully saturated rings. The van der Waals surface area contributed by atoms with Gasteiger partial charge < -0.3 is 10.2 Å². The number of urea groups is 1. The van der Waals surface area contributed by atoms with E-state index in [0.717, 1.165) is 23.8 Å². The molecule has 0 spiro atoms. The minimum absolute atomic E-state index is 0.352. The first-order chi connectivity index (χ1) is 10.6. The maximum atomic E-state index is 12.0. The summed E-state index contributed by atoms with van der Waals surface area (Å²) in [5.74, 6) is 0. The van der Waals surface area contributed by atoms with Crippen LogP contribution in [0.1, 0.15) is 18.4 Å². The van der Waals surface area contributed by atoms with Crippen molar-refractivity contribution in [2.45, 2.75) is 19.8 Å². The van der Waals surface area contributed by atoms with Crippen LogP contribution < -0.4 is 15.5 Å². The molecular weight excluding hydrogens is 322 g/mol. The zero-order valence-electron chi connectivity index (χ0n) is 12.1. The third-order valence-corrected chi connectivity index (χ3v) is 4.84. The van der Waals surface area contributed by atoms with Crippen molar-refractivity contribution in [3.63, 3.8) is 0 Å². The van der Waals surface area contributed by atoms with Crippen LogP contribution >= 0.6 is 22.9 Å². The smallest absolute Gasteiger partial charge is 0.325 e. The molecule has 0 aliphatic carbocycles. The third-order valence-electron chi connectivity index (χ3n) is 3.53. The van der Waals surface area contributed by atoms with Gasteiger partial charge in [-0.3, -0.25) is 5.32 Å². The van der Waals surface area contributed by atoms with Gasteiger partial charge in [-0.15, -0.1) is 10.2 Å². The molecule has 116 valence electrons. The number of anilines is 3. The summed E-state index contributed by atoms with van der Waals surface area (Å²) in [4.78, 5) is 14.2. The minimum atomic E-state index is -0.352. The molecule has 1 aliphatic rings. The number of hydrogen-bond acceptors (Lipinski definition) is 5. The fourth-order valence-corrected chi connectivity index (χ4v) is 3.26. The van der Waals surface area contributed by atoms with Gasteiger partial charge in [0.25, 0.3) is 0 Å². The van der Waals surface area contributed by atoms with E-state index in [0.29, 0.717) is 15.8 Å². The van der Waals surface area contributed by atoms with Crippen molar-refractivity contribution < 1.29 is 4.79 Å². The monoisotopic (exact) mass is 337 g/mol. The van der Waals surface area contributed by atoms with Gasteiger partial charge in [0.15, 0.2) is 0 Å². The highest BCUT2D eigenvalue weighted by Crippen LogP contribution is 2.27. The molecule has 2 aromatic rings. The SMILES string of the molecule is Cc1c(Cl)cccc1NC(=O)Nc1nnc(N2CCCC2)s1. The lowest BCUT2D eigenvalue weighted by Crippen LogP contribution is -2.19. The number of rotatable bonds is 3. The molecule has 2 amide bonds. The normalized spacial score (nSPS) is 14.2. The molecule has 1 saturated heterocycles. The quantitative estimate of drug-likeness (QED) is 0.895. The van der Waals surface area contributed by atoms with Crippen molar-refractivity contribution in [1.82, 2.24) is 10.2 Å². The van der Waals surface area contributed by atoms with Gasteiger partial charge in [0.2, 0.25) is 10.3 Å². The Morgan fingerprint density at radius 1 is 1.27 bits per heavy atom. The number of carbonyl (C=O) groups excluding carboxylic acids is 1. The van der Waals surface area contributed by atoms with E-state index >= 15 is 0 Å². The van der Waals surface area contributed by atoms with Crippen molar-refractivity contribution in [3.05, 3.63) is 28.8 Å². The van der Waals surface area contributed by atoms with Crippen LogP contribution in [0.3, 0.4) is 0 Å². The lowest BCUT2D eigenvalue weighted by atomic mass is 10.2. The van der Waals surface area contributed by atoms with Crippen LogP contribution in [-0.2, 0) is 0 Å². The molecule has 2 N–H and O–H groups in total. The number of hydrogen-bond donors (Lipinski definition) is 2. The molecule has 1 aromatic carbocycles. The predicted octanol–water partition coefficient (Wildman–Crippen LogP) is 3.74. The molecule has 0 bridgehead atoms. The first kappa shape index (κ1) is 15.1. The van der Waals surface area contributed by atoms with Gasteiger partial charge >= 0.3 is 6.03 Å². The van der Waals surface area contributed by atoms with E-state index in [9.17, 15) is 4.79 Å². The van der Waals surface area contributed by atoms with Crippen molar-refractivity contribution in [2.24, 2.45) is 0 Å². The van der Waals surface area contributed by atoms with Gasteiger partial charge in [-0.05, 0) is 37.5 Å². The number of halogens is 1. The highest BCUT2D eigenvalue weighted by atomic mass is 35.5. The Morgan fingerprint density at radius 3 is 2.82 bits per heavy atom. The van der Waals surface area contributed by atoms with Crippen LogP contribution in [0.5, 0.6) is 0 Å². The van der Waals surface area contributed by atoms with E-state index in [4.69, 9.17) is 11.6 Å². The average molecular weight is 338 g/mol. The Balaban J connectivity index is 1.63. The highest BCUT2D eigenvalue weighted by Gasteiger charge is 2.17. The number of carbonyl (C=O) groups is 1. The van der Waals surface area contributed by atoms with Gasteiger partial charge in [0, 0.05) is 23.8 Å². The van der Waals surface area contributed by atoms with E-state index in [1.165, 1.54) is 24.2 Å². The Hall–Kier alpha value is -1.86. The number of nitrogens with one attached hydrogen (secondary N) is 2. The van der Waals surface area contributed by atoms with Crippen molar-refractivity contribution in [3.8, 4) is 0 Å². The first-order valence-corrected chi connectivity index (χ1v) is 8.24. The molecule has 1 aromatic heterocycles. The number of benzene rings is 1. The summed E-state index contributed by atoms with van der Waals surface area (Å²) >= 11 is 7.42. The van der Waals surface area contributed by atoms with Gasteiger partial charge in [0.05, 0.1) is 0 Å². The molecule has 3 rings (SSSR count). The summed E-state index contributed by atoms with van der Waals surface area (Å²) in [6, 6.07) is 5.03. The molecule has 1 aliphatic heterocycles. The highest BCUT2D eigenvalue weighted by molar-refractivity contribution is 7.19. The summed E-state index contributed by atoms with van der Waals surface area (Å²) in [5.41, 5.74) is 1.50. The second kappa shape index (κ2) is 6.50. The van der Waals surface area contributed by atoms with Crippen LogP contribution in [0.25, 0.3) is 0 Å². The lowest BCUT2D eigenvalue weighted by molar-refractivity contribution is 0.262. The molecule has 22 heavy (non-hydrogen) atoms. The molecule has 6 nitrogen and oxygen atoms in total. The van der Waals surface area contributed by atoms with Crippen molar-refractivity contribution in [1.29, 1.82) is 0 Å². The van der Waals surface area contributed by atoms with Gasteiger partial charge in [0.1, 0.15) is 0 Å². The zero-order valence-corrected chi connectivity index (χ0v) is 13.7. The van der Waals surface area contributed by atoms with Crippen LogP contribution in [0.4, 0.5) is 20.7 Å². The van der Waals surface area contributed by atoms with Crippen LogP contribution in [0.15, 0.2) is 18.2 Å². The Labute approximate surface area is 137 Å². The van der Waals surface area contributed by atoms with Gasteiger partial charge in [-0.25, -0.2) is 4.79 Å². The van der Waals surface area contributed by atoms with Crippen LogP contribution in [0, 0.1) is 6.92 Å². The maximum absolute atomic E-state index is 12.0. The van der Waals surface area contributed by atoms with E-state index < -0.39 is 0 Å². The molecule has 0 saturated carbocycles. The number of amides is 2. The van der Waals surface area contributed by atoms with Gasteiger partial charge in [-0.1, -0.05) is 29.0 Å². The molecule has 0 atom stereocenters. The summed E-state index contributed by atoms with van der Waals surface area (Å²) < 4.78 is 0. The Kier molecular flexibility index (Phi) is 4.44. The van der Waals surface area contributed by atoms with E-state index in [1.807, 2.05) is 6.92 Å². The average Bonchev–Trinajstić information content (AvgIpc) is 3.14. The largest absolute Gasteiger partial charge is 0.347 e. The van der Waals surface area contributed by atoms with Gasteiger partial charge in [-0.2, -0.15) is 0 Å². The van der Waals surface area contributed by atoms with Crippen molar-refractivity contribution >= 4 is 44.9 Å². The second-order valence-corrected chi connectivity index (χ2v) is 6.44. The Morgan fingerprint density at radius 2 is 2.05 bits per heavy atom. The van der Waals surface area contributed by atoms with Crippen LogP contribution in [-0.4, -0.2) is 29.3 Å². The fraction of sp³-hybridized carbons (Fsp3) is 0.357. The molecular formula is C14H16ClN5OS. The number of nitrogens with zero attached hydrogens (tertiary/aromatic N) is 3. The molecule has 8 heteroatoms.